The molecule has 0 rings (SSSR count). The van der Waals surface area contributed by atoms with E-state index in [-0.39, 0.29) is 6.04 Å². The molecule has 3 unspecified atom stereocenters. The summed E-state index contributed by atoms with van der Waals surface area (Å²) in [6, 6.07) is 0.275. The number of amides is 1. The molecular weight excluding hydrogens is 214 g/mol. The normalized spacial score (nSPS) is 18.8. The van der Waals surface area contributed by atoms with E-state index in [4.69, 9.17) is 11.5 Å². The Morgan fingerprint density at radius 3 is 2.24 bits per heavy atom. The molecule has 0 aromatic heterocycles. The molecule has 0 saturated heterocycles. The minimum absolute atomic E-state index is 0.275. The third-order valence-corrected chi connectivity index (χ3v) is 3.55. The van der Waals surface area contributed by atoms with Crippen LogP contribution in [0.3, 0.4) is 0 Å². The fraction of sp³-hybridized carbons (Fsp3) is 0.923. The van der Waals surface area contributed by atoms with E-state index < -0.39 is 11.4 Å². The van der Waals surface area contributed by atoms with Crippen LogP contribution < -0.4 is 11.5 Å². The van der Waals surface area contributed by atoms with Gasteiger partial charge in [0.1, 0.15) is 0 Å². The van der Waals surface area contributed by atoms with Crippen LogP contribution in [0.1, 0.15) is 47.5 Å². The molecule has 0 bridgehead atoms. The summed E-state index contributed by atoms with van der Waals surface area (Å²) in [6.07, 6.45) is 1.77. The first-order valence-electron chi connectivity index (χ1n) is 6.57. The Balaban J connectivity index is 4.44. The molecule has 0 aromatic rings. The van der Waals surface area contributed by atoms with Gasteiger partial charge in [0.05, 0.1) is 5.54 Å². The maximum atomic E-state index is 11.2. The number of hydrogen-bond donors (Lipinski definition) is 2. The van der Waals surface area contributed by atoms with Crippen LogP contribution in [0, 0.1) is 5.92 Å². The zero-order valence-corrected chi connectivity index (χ0v) is 12.0. The SMILES string of the molecule is CCC(C)CN(CC)C(C)CC(C)(N)C(N)=O. The predicted octanol–water partition coefficient (Wildman–Crippen LogP) is 1.34. The van der Waals surface area contributed by atoms with E-state index in [2.05, 4.69) is 32.6 Å². The number of carbonyl (C=O) groups is 1. The lowest BCUT2D eigenvalue weighted by Gasteiger charge is -2.34. The summed E-state index contributed by atoms with van der Waals surface area (Å²) in [5.41, 5.74) is 10.3. The Hall–Kier alpha value is -0.610. The number of carbonyl (C=O) groups excluding carboxylic acids is 1. The van der Waals surface area contributed by atoms with Gasteiger partial charge in [-0.2, -0.15) is 0 Å². The van der Waals surface area contributed by atoms with Crippen LogP contribution in [0.25, 0.3) is 0 Å². The van der Waals surface area contributed by atoms with Crippen molar-refractivity contribution in [1.29, 1.82) is 0 Å². The summed E-state index contributed by atoms with van der Waals surface area (Å²) in [5, 5.41) is 0. The van der Waals surface area contributed by atoms with Crippen molar-refractivity contribution in [2.24, 2.45) is 17.4 Å². The minimum Gasteiger partial charge on any atom is -0.368 e. The Kier molecular flexibility index (Phi) is 6.72. The molecule has 0 aliphatic heterocycles. The van der Waals surface area contributed by atoms with Crippen LogP contribution in [0.15, 0.2) is 0 Å². The van der Waals surface area contributed by atoms with E-state index in [1.807, 2.05) is 0 Å². The van der Waals surface area contributed by atoms with Gasteiger partial charge in [-0.25, -0.2) is 0 Å². The van der Waals surface area contributed by atoms with Crippen LogP contribution in [-0.2, 0) is 4.79 Å². The van der Waals surface area contributed by atoms with Crippen molar-refractivity contribution < 1.29 is 4.79 Å². The molecule has 4 N–H and O–H groups in total. The Morgan fingerprint density at radius 1 is 1.35 bits per heavy atom. The minimum atomic E-state index is -0.914. The van der Waals surface area contributed by atoms with E-state index in [1.54, 1.807) is 6.92 Å². The van der Waals surface area contributed by atoms with Crippen LogP contribution >= 0.6 is 0 Å². The maximum Gasteiger partial charge on any atom is 0.237 e. The van der Waals surface area contributed by atoms with Crippen molar-refractivity contribution in [3.63, 3.8) is 0 Å². The lowest BCUT2D eigenvalue weighted by molar-refractivity contribution is -0.123. The number of nitrogens with two attached hydrogens (primary N) is 2. The summed E-state index contributed by atoms with van der Waals surface area (Å²) < 4.78 is 0. The molecule has 1 amide bonds. The fourth-order valence-electron chi connectivity index (χ4n) is 1.99. The molecule has 4 heteroatoms. The third-order valence-electron chi connectivity index (χ3n) is 3.55. The van der Waals surface area contributed by atoms with Crippen LogP contribution in [0.2, 0.25) is 0 Å². The highest BCUT2D eigenvalue weighted by Crippen LogP contribution is 2.15. The first kappa shape index (κ1) is 16.4. The molecule has 0 aliphatic rings. The lowest BCUT2D eigenvalue weighted by atomic mass is 9.93. The van der Waals surface area contributed by atoms with E-state index in [0.717, 1.165) is 13.1 Å². The number of primary amides is 1. The highest BCUT2D eigenvalue weighted by Gasteiger charge is 2.30. The van der Waals surface area contributed by atoms with Crippen molar-refractivity contribution in [1.82, 2.24) is 4.90 Å². The molecule has 0 spiro atoms. The molecule has 17 heavy (non-hydrogen) atoms. The molecule has 0 saturated carbocycles. The lowest BCUT2D eigenvalue weighted by Crippen LogP contribution is -2.53. The van der Waals surface area contributed by atoms with Crippen molar-refractivity contribution in [3.05, 3.63) is 0 Å². The van der Waals surface area contributed by atoms with Crippen LogP contribution in [0.4, 0.5) is 0 Å². The van der Waals surface area contributed by atoms with Crippen LogP contribution in [-0.4, -0.2) is 35.5 Å². The topological polar surface area (TPSA) is 72.3 Å². The second kappa shape index (κ2) is 6.97. The molecule has 3 atom stereocenters. The van der Waals surface area contributed by atoms with Crippen molar-refractivity contribution in [2.45, 2.75) is 59.0 Å². The van der Waals surface area contributed by atoms with Crippen molar-refractivity contribution >= 4 is 5.91 Å². The zero-order chi connectivity index (χ0) is 13.6. The second-order valence-corrected chi connectivity index (χ2v) is 5.44. The highest BCUT2D eigenvalue weighted by atomic mass is 16.1. The summed E-state index contributed by atoms with van der Waals surface area (Å²) in [5.74, 6) is 0.235. The summed E-state index contributed by atoms with van der Waals surface area (Å²) in [4.78, 5) is 13.6. The zero-order valence-electron chi connectivity index (χ0n) is 12.0. The summed E-state index contributed by atoms with van der Waals surface area (Å²) in [6.45, 7) is 12.4. The number of nitrogens with zero attached hydrogens (tertiary/aromatic N) is 1. The number of rotatable bonds is 8. The second-order valence-electron chi connectivity index (χ2n) is 5.44. The smallest absolute Gasteiger partial charge is 0.237 e. The van der Waals surface area contributed by atoms with E-state index in [0.29, 0.717) is 12.3 Å². The summed E-state index contributed by atoms with van der Waals surface area (Å²) in [7, 11) is 0. The monoisotopic (exact) mass is 243 g/mol. The average molecular weight is 243 g/mol. The molecular formula is C13H29N3O. The van der Waals surface area contributed by atoms with Gasteiger partial charge >= 0.3 is 0 Å². The van der Waals surface area contributed by atoms with Gasteiger partial charge in [0.15, 0.2) is 0 Å². The van der Waals surface area contributed by atoms with Gasteiger partial charge in [-0.1, -0.05) is 27.2 Å². The van der Waals surface area contributed by atoms with Gasteiger partial charge in [0.25, 0.3) is 0 Å². The molecule has 4 nitrogen and oxygen atoms in total. The number of hydrogen-bond acceptors (Lipinski definition) is 3. The molecule has 0 aliphatic carbocycles. The molecule has 0 heterocycles. The fourth-order valence-corrected chi connectivity index (χ4v) is 1.99. The Labute approximate surface area is 106 Å². The third kappa shape index (κ3) is 5.50. The van der Waals surface area contributed by atoms with Gasteiger partial charge < -0.3 is 16.4 Å². The van der Waals surface area contributed by atoms with E-state index in [1.165, 1.54) is 6.42 Å². The molecule has 0 fully saturated rings. The van der Waals surface area contributed by atoms with Crippen molar-refractivity contribution in [2.75, 3.05) is 13.1 Å². The van der Waals surface area contributed by atoms with Crippen molar-refractivity contribution in [3.8, 4) is 0 Å². The molecule has 0 aromatic carbocycles. The highest BCUT2D eigenvalue weighted by molar-refractivity contribution is 5.83. The predicted molar refractivity (Wildman–Crippen MR) is 72.6 cm³/mol. The average Bonchev–Trinajstić information content (AvgIpc) is 2.24. The quantitative estimate of drug-likeness (QED) is 0.675. The van der Waals surface area contributed by atoms with E-state index in [9.17, 15) is 4.79 Å². The summed E-state index contributed by atoms with van der Waals surface area (Å²) >= 11 is 0. The maximum absolute atomic E-state index is 11.2. The first-order chi connectivity index (χ1) is 7.74. The largest absolute Gasteiger partial charge is 0.368 e. The van der Waals surface area contributed by atoms with Gasteiger partial charge in [-0.3, -0.25) is 4.79 Å². The molecule has 0 radical (unpaired) electrons. The van der Waals surface area contributed by atoms with Gasteiger partial charge in [-0.05, 0) is 32.7 Å². The van der Waals surface area contributed by atoms with Crippen LogP contribution in [0.5, 0.6) is 0 Å². The van der Waals surface area contributed by atoms with Gasteiger partial charge in [0, 0.05) is 12.6 Å². The Morgan fingerprint density at radius 2 is 1.88 bits per heavy atom. The first-order valence-corrected chi connectivity index (χ1v) is 6.57. The molecule has 102 valence electrons. The standard InChI is InChI=1S/C13H29N3O/c1-6-10(3)9-16(7-2)11(4)8-13(5,15)12(14)17/h10-11H,6-9,15H2,1-5H3,(H2,14,17). The van der Waals surface area contributed by atoms with E-state index >= 15 is 0 Å². The van der Waals surface area contributed by atoms with Gasteiger partial charge in [-0.15, -0.1) is 0 Å². The Bertz CT molecular complexity index is 241. The van der Waals surface area contributed by atoms with Gasteiger partial charge in [0.2, 0.25) is 5.91 Å².